The van der Waals surface area contributed by atoms with Crippen molar-refractivity contribution in [1.29, 1.82) is 0 Å². The maximum Gasteiger partial charge on any atom is 0.197 e. The fourth-order valence-corrected chi connectivity index (χ4v) is 2.00. The molecule has 0 bridgehead atoms. The minimum absolute atomic E-state index is 0.0163. The number of rotatable bonds is 5. The zero-order chi connectivity index (χ0) is 14.5. The van der Waals surface area contributed by atoms with Gasteiger partial charge >= 0.3 is 0 Å². The molecular weight excluding hydrogens is 325 g/mol. The summed E-state index contributed by atoms with van der Waals surface area (Å²) in [6.45, 7) is 2.53. The Morgan fingerprint density at radius 3 is 2.85 bits per heavy atom. The molecule has 20 heavy (non-hydrogen) atoms. The molecule has 0 radical (unpaired) electrons. The molecule has 0 aliphatic rings. The van der Waals surface area contributed by atoms with Crippen LogP contribution in [0.25, 0.3) is 0 Å². The highest BCUT2D eigenvalue weighted by Gasteiger charge is 2.15. The van der Waals surface area contributed by atoms with Crippen molar-refractivity contribution in [2.24, 2.45) is 0 Å². The van der Waals surface area contributed by atoms with E-state index in [0.29, 0.717) is 22.4 Å². The van der Waals surface area contributed by atoms with Gasteiger partial charge in [0.05, 0.1) is 18.4 Å². The quantitative estimate of drug-likeness (QED) is 0.774. The standard InChI is InChI=1S/C15H13BrFNO2/c1-2-5-20-12-6-10(8-18-9-12)15(19)13-4-3-11(16)7-14(13)17/h3-4,6-9H,2,5H2,1H3. The molecule has 0 saturated carbocycles. The number of ether oxygens (including phenoxy) is 1. The van der Waals surface area contributed by atoms with Crippen LogP contribution < -0.4 is 4.74 Å². The van der Waals surface area contributed by atoms with Gasteiger partial charge < -0.3 is 4.74 Å². The maximum atomic E-state index is 13.8. The van der Waals surface area contributed by atoms with Gasteiger partial charge in [0.25, 0.3) is 0 Å². The Balaban J connectivity index is 2.28. The van der Waals surface area contributed by atoms with Crippen molar-refractivity contribution in [3.8, 4) is 5.75 Å². The Morgan fingerprint density at radius 2 is 2.15 bits per heavy atom. The van der Waals surface area contributed by atoms with Crippen molar-refractivity contribution in [3.05, 3.63) is 58.1 Å². The van der Waals surface area contributed by atoms with Crippen LogP contribution in [0.2, 0.25) is 0 Å². The zero-order valence-corrected chi connectivity index (χ0v) is 12.5. The van der Waals surface area contributed by atoms with Crippen molar-refractivity contribution in [2.75, 3.05) is 6.61 Å². The van der Waals surface area contributed by atoms with Gasteiger partial charge in [0, 0.05) is 16.2 Å². The van der Waals surface area contributed by atoms with E-state index in [4.69, 9.17) is 4.74 Å². The number of ketones is 1. The third kappa shape index (κ3) is 3.42. The lowest BCUT2D eigenvalue weighted by Crippen LogP contribution is -2.05. The molecule has 1 aromatic carbocycles. The van der Waals surface area contributed by atoms with E-state index in [9.17, 15) is 9.18 Å². The van der Waals surface area contributed by atoms with Crippen LogP contribution in [0.5, 0.6) is 5.75 Å². The molecule has 0 amide bonds. The summed E-state index contributed by atoms with van der Waals surface area (Å²) < 4.78 is 19.8. The summed E-state index contributed by atoms with van der Waals surface area (Å²) in [6.07, 6.45) is 3.80. The van der Waals surface area contributed by atoms with Crippen LogP contribution in [0.3, 0.4) is 0 Å². The fourth-order valence-electron chi connectivity index (χ4n) is 1.67. The topological polar surface area (TPSA) is 39.2 Å². The van der Waals surface area contributed by atoms with Gasteiger partial charge in [-0.1, -0.05) is 22.9 Å². The highest BCUT2D eigenvalue weighted by Crippen LogP contribution is 2.20. The second-order valence-electron chi connectivity index (χ2n) is 4.21. The number of pyridine rings is 1. The summed E-state index contributed by atoms with van der Waals surface area (Å²) in [7, 11) is 0. The van der Waals surface area contributed by atoms with Crippen LogP contribution in [-0.4, -0.2) is 17.4 Å². The Labute approximate surface area is 124 Å². The molecule has 0 aliphatic carbocycles. The third-order valence-corrected chi connectivity index (χ3v) is 3.12. The SMILES string of the molecule is CCCOc1cncc(C(=O)c2ccc(Br)cc2F)c1. The Hall–Kier alpha value is -1.75. The first-order valence-electron chi connectivity index (χ1n) is 6.19. The van der Waals surface area contributed by atoms with Gasteiger partial charge in [-0.05, 0) is 30.7 Å². The first kappa shape index (κ1) is 14.7. The Morgan fingerprint density at radius 1 is 1.35 bits per heavy atom. The fraction of sp³-hybridized carbons (Fsp3) is 0.200. The first-order valence-corrected chi connectivity index (χ1v) is 6.98. The molecule has 0 saturated heterocycles. The van der Waals surface area contributed by atoms with E-state index in [2.05, 4.69) is 20.9 Å². The predicted octanol–water partition coefficient (Wildman–Crippen LogP) is 4.00. The molecule has 0 spiro atoms. The van der Waals surface area contributed by atoms with Gasteiger partial charge in [-0.2, -0.15) is 0 Å². The second kappa shape index (κ2) is 6.61. The summed E-state index contributed by atoms with van der Waals surface area (Å²) in [5.74, 6) is -0.469. The van der Waals surface area contributed by atoms with Gasteiger partial charge in [0.2, 0.25) is 0 Å². The van der Waals surface area contributed by atoms with Gasteiger partial charge in [0.15, 0.2) is 5.78 Å². The number of aromatic nitrogens is 1. The average Bonchev–Trinajstić information content (AvgIpc) is 2.45. The molecule has 0 atom stereocenters. The maximum absolute atomic E-state index is 13.8. The van der Waals surface area contributed by atoms with E-state index >= 15 is 0 Å². The van der Waals surface area contributed by atoms with Crippen LogP contribution in [-0.2, 0) is 0 Å². The monoisotopic (exact) mass is 337 g/mol. The number of hydrogen-bond acceptors (Lipinski definition) is 3. The molecule has 2 aromatic rings. The summed E-state index contributed by atoms with van der Waals surface area (Å²) >= 11 is 3.16. The van der Waals surface area contributed by atoms with Crippen molar-refractivity contribution in [3.63, 3.8) is 0 Å². The molecule has 104 valence electrons. The van der Waals surface area contributed by atoms with Gasteiger partial charge in [-0.25, -0.2) is 4.39 Å². The molecule has 1 heterocycles. The lowest BCUT2D eigenvalue weighted by molar-refractivity contribution is 0.103. The number of carbonyl (C=O) groups is 1. The second-order valence-corrected chi connectivity index (χ2v) is 5.13. The minimum atomic E-state index is -0.566. The normalized spacial score (nSPS) is 10.3. The molecule has 2 rings (SSSR count). The first-order chi connectivity index (χ1) is 9.61. The van der Waals surface area contributed by atoms with Crippen LogP contribution in [0.15, 0.2) is 41.1 Å². The van der Waals surface area contributed by atoms with E-state index in [0.717, 1.165) is 6.42 Å². The van der Waals surface area contributed by atoms with Crippen molar-refractivity contribution in [1.82, 2.24) is 4.98 Å². The summed E-state index contributed by atoms with van der Waals surface area (Å²) in [5.41, 5.74) is 0.322. The predicted molar refractivity (Wildman–Crippen MR) is 77.6 cm³/mol. The zero-order valence-electron chi connectivity index (χ0n) is 10.9. The smallest absolute Gasteiger partial charge is 0.197 e. The molecule has 5 heteroatoms. The third-order valence-electron chi connectivity index (χ3n) is 2.62. The molecule has 3 nitrogen and oxygen atoms in total. The number of halogens is 2. The molecule has 0 aliphatic heterocycles. The highest BCUT2D eigenvalue weighted by atomic mass is 79.9. The van der Waals surface area contributed by atoms with Crippen LogP contribution in [0.4, 0.5) is 4.39 Å². The molecule has 0 fully saturated rings. The van der Waals surface area contributed by atoms with Gasteiger partial charge in [-0.3, -0.25) is 9.78 Å². The summed E-state index contributed by atoms with van der Waals surface area (Å²) in [4.78, 5) is 16.2. The van der Waals surface area contributed by atoms with Crippen LogP contribution in [0, 0.1) is 5.82 Å². The van der Waals surface area contributed by atoms with Gasteiger partial charge in [0.1, 0.15) is 11.6 Å². The van der Waals surface area contributed by atoms with E-state index in [-0.39, 0.29) is 5.56 Å². The number of nitrogens with zero attached hydrogens (tertiary/aromatic N) is 1. The van der Waals surface area contributed by atoms with E-state index in [1.807, 2.05) is 6.92 Å². The Bertz CT molecular complexity index is 631. The molecule has 0 unspecified atom stereocenters. The van der Waals surface area contributed by atoms with Crippen molar-refractivity contribution < 1.29 is 13.9 Å². The lowest BCUT2D eigenvalue weighted by atomic mass is 10.0. The molecular formula is C15H13BrFNO2. The highest BCUT2D eigenvalue weighted by molar-refractivity contribution is 9.10. The Kier molecular flexibility index (Phi) is 4.84. The van der Waals surface area contributed by atoms with Gasteiger partial charge in [-0.15, -0.1) is 0 Å². The van der Waals surface area contributed by atoms with Crippen molar-refractivity contribution in [2.45, 2.75) is 13.3 Å². The minimum Gasteiger partial charge on any atom is -0.492 e. The summed E-state index contributed by atoms with van der Waals surface area (Å²) in [5, 5.41) is 0. The number of carbonyl (C=O) groups excluding carboxylic acids is 1. The molecule has 1 aromatic heterocycles. The molecule has 0 N–H and O–H groups in total. The average molecular weight is 338 g/mol. The lowest BCUT2D eigenvalue weighted by Gasteiger charge is -2.06. The summed E-state index contributed by atoms with van der Waals surface area (Å²) in [6, 6.07) is 5.91. The van der Waals surface area contributed by atoms with E-state index < -0.39 is 11.6 Å². The number of hydrogen-bond donors (Lipinski definition) is 0. The van der Waals surface area contributed by atoms with Crippen LogP contribution in [0.1, 0.15) is 29.3 Å². The number of benzene rings is 1. The van der Waals surface area contributed by atoms with E-state index in [1.54, 1.807) is 12.1 Å². The largest absolute Gasteiger partial charge is 0.492 e. The van der Waals surface area contributed by atoms with E-state index in [1.165, 1.54) is 24.5 Å². The van der Waals surface area contributed by atoms with Crippen molar-refractivity contribution >= 4 is 21.7 Å². The van der Waals surface area contributed by atoms with Crippen LogP contribution >= 0.6 is 15.9 Å².